The lowest BCUT2D eigenvalue weighted by atomic mass is 9.85. The summed E-state index contributed by atoms with van der Waals surface area (Å²) in [4.78, 5) is 2.32. The molecule has 0 saturated heterocycles. The van der Waals surface area contributed by atoms with E-state index in [2.05, 4.69) is 70.9 Å². The molecule has 2 aromatic carbocycles. The summed E-state index contributed by atoms with van der Waals surface area (Å²) in [6, 6.07) is 21.5. The zero-order chi connectivity index (χ0) is 16.4. The first-order valence-corrected chi connectivity index (χ1v) is 9.12. The lowest BCUT2D eigenvalue weighted by Gasteiger charge is -2.42. The number of allylic oxidation sites excluding steroid dienone is 1. The molecule has 1 heterocycles. The van der Waals surface area contributed by atoms with Gasteiger partial charge in [0.2, 0.25) is 0 Å². The van der Waals surface area contributed by atoms with E-state index in [4.69, 9.17) is 12.2 Å². The summed E-state index contributed by atoms with van der Waals surface area (Å²) in [5.41, 5.74) is 5.59. The number of hydrogen-bond donors (Lipinski definition) is 1. The second-order valence-electron chi connectivity index (χ2n) is 6.54. The van der Waals surface area contributed by atoms with Crippen molar-refractivity contribution in [1.82, 2.24) is 10.2 Å². The first-order chi connectivity index (χ1) is 11.8. The van der Waals surface area contributed by atoms with Crippen LogP contribution in [0.3, 0.4) is 0 Å². The smallest absolute Gasteiger partial charge is 0.174 e. The van der Waals surface area contributed by atoms with Crippen LogP contribution >= 0.6 is 12.2 Å². The normalized spacial score (nSPS) is 20.6. The van der Waals surface area contributed by atoms with E-state index in [1.807, 2.05) is 0 Å². The monoisotopic (exact) mass is 334 g/mol. The van der Waals surface area contributed by atoms with Crippen molar-refractivity contribution < 1.29 is 0 Å². The van der Waals surface area contributed by atoms with Crippen LogP contribution in [0, 0.1) is 0 Å². The Morgan fingerprint density at radius 3 is 2.33 bits per heavy atom. The first-order valence-electron chi connectivity index (χ1n) is 8.72. The maximum atomic E-state index is 5.75. The topological polar surface area (TPSA) is 15.3 Å². The minimum atomic E-state index is 0.237. The van der Waals surface area contributed by atoms with Gasteiger partial charge in [0.15, 0.2) is 5.11 Å². The molecule has 2 aliphatic rings. The third-order valence-corrected chi connectivity index (χ3v) is 5.32. The van der Waals surface area contributed by atoms with Crippen LogP contribution in [-0.4, -0.2) is 10.0 Å². The van der Waals surface area contributed by atoms with Gasteiger partial charge in [0.1, 0.15) is 0 Å². The predicted molar refractivity (Wildman–Crippen MR) is 102 cm³/mol. The number of nitrogens with zero attached hydrogens (tertiary/aromatic N) is 1. The minimum Gasteiger partial charge on any atom is -0.352 e. The van der Waals surface area contributed by atoms with Crippen molar-refractivity contribution in [3.63, 3.8) is 0 Å². The average Bonchev–Trinajstić information content (AvgIpc) is 2.65. The molecule has 0 bridgehead atoms. The van der Waals surface area contributed by atoms with Crippen LogP contribution in [0.15, 0.2) is 71.9 Å². The molecule has 1 aliphatic heterocycles. The van der Waals surface area contributed by atoms with E-state index < -0.39 is 0 Å². The van der Waals surface area contributed by atoms with E-state index >= 15 is 0 Å². The Bertz CT molecular complexity index is 752. The highest BCUT2D eigenvalue weighted by atomic mass is 32.1. The summed E-state index contributed by atoms with van der Waals surface area (Å²) in [6.07, 6.45) is 4.83. The number of benzene rings is 2. The maximum Gasteiger partial charge on any atom is 0.174 e. The molecule has 122 valence electrons. The molecule has 2 nitrogen and oxygen atoms in total. The summed E-state index contributed by atoms with van der Waals surface area (Å²) >= 11 is 5.75. The molecule has 0 unspecified atom stereocenters. The van der Waals surface area contributed by atoms with Gasteiger partial charge in [-0.1, -0.05) is 60.7 Å². The van der Waals surface area contributed by atoms with Crippen LogP contribution in [0.25, 0.3) is 0 Å². The summed E-state index contributed by atoms with van der Waals surface area (Å²) < 4.78 is 0. The van der Waals surface area contributed by atoms with Crippen molar-refractivity contribution in [3.05, 3.63) is 83.1 Å². The van der Waals surface area contributed by atoms with Crippen molar-refractivity contribution >= 4 is 17.3 Å². The van der Waals surface area contributed by atoms with Crippen molar-refractivity contribution in [3.8, 4) is 0 Å². The van der Waals surface area contributed by atoms with Crippen LogP contribution in [0.5, 0.6) is 0 Å². The molecule has 24 heavy (non-hydrogen) atoms. The van der Waals surface area contributed by atoms with Gasteiger partial charge in [0, 0.05) is 12.2 Å². The third-order valence-electron chi connectivity index (χ3n) is 4.98. The highest BCUT2D eigenvalue weighted by molar-refractivity contribution is 7.80. The van der Waals surface area contributed by atoms with Crippen LogP contribution in [0.4, 0.5) is 0 Å². The average molecular weight is 334 g/mol. The van der Waals surface area contributed by atoms with Gasteiger partial charge in [0.05, 0.1) is 6.04 Å². The summed E-state index contributed by atoms with van der Waals surface area (Å²) in [6.45, 7) is 0.854. The fourth-order valence-electron chi connectivity index (χ4n) is 3.81. The molecule has 0 amide bonds. The van der Waals surface area contributed by atoms with E-state index in [0.717, 1.165) is 24.5 Å². The standard InChI is InChI=1S/C21H22N2S/c24-21-22-20(17-11-5-2-6-12-17)18-13-7-8-14-19(18)23(21)15-16-9-3-1-4-10-16/h1-6,9-12,20H,7-8,13-15H2,(H,22,24)/t20-/m0/s1. The summed E-state index contributed by atoms with van der Waals surface area (Å²) in [5, 5.41) is 4.46. The van der Waals surface area contributed by atoms with Crippen molar-refractivity contribution in [2.75, 3.05) is 0 Å². The van der Waals surface area contributed by atoms with Crippen molar-refractivity contribution in [2.24, 2.45) is 0 Å². The SMILES string of the molecule is S=C1N[C@@H](c2ccccc2)C2=C(CCCC2)N1Cc1ccccc1. The molecule has 3 heteroatoms. The van der Waals surface area contributed by atoms with Crippen molar-refractivity contribution in [1.29, 1.82) is 0 Å². The minimum absolute atomic E-state index is 0.237. The first kappa shape index (κ1) is 15.4. The molecule has 4 rings (SSSR count). The molecule has 0 saturated carbocycles. The number of thiocarbonyl (C=S) groups is 1. The third kappa shape index (κ3) is 2.96. The lowest BCUT2D eigenvalue weighted by molar-refractivity contribution is 0.398. The molecule has 1 N–H and O–H groups in total. The van der Waals surface area contributed by atoms with E-state index in [1.165, 1.54) is 35.2 Å². The Morgan fingerprint density at radius 2 is 1.58 bits per heavy atom. The molecule has 0 spiro atoms. The van der Waals surface area contributed by atoms with Crippen LogP contribution < -0.4 is 5.32 Å². The zero-order valence-corrected chi connectivity index (χ0v) is 14.6. The number of rotatable bonds is 3. The summed E-state index contributed by atoms with van der Waals surface area (Å²) in [7, 11) is 0. The van der Waals surface area contributed by atoms with Gasteiger partial charge in [-0.25, -0.2) is 0 Å². The Kier molecular flexibility index (Phi) is 4.35. The van der Waals surface area contributed by atoms with Gasteiger partial charge in [-0.2, -0.15) is 0 Å². The summed E-state index contributed by atoms with van der Waals surface area (Å²) in [5.74, 6) is 0. The predicted octanol–water partition coefficient (Wildman–Crippen LogP) is 4.95. The van der Waals surface area contributed by atoms with Gasteiger partial charge in [-0.15, -0.1) is 0 Å². The highest BCUT2D eigenvalue weighted by Gasteiger charge is 2.32. The van der Waals surface area contributed by atoms with Crippen molar-refractivity contribution in [2.45, 2.75) is 38.3 Å². The molecule has 0 radical (unpaired) electrons. The Balaban J connectivity index is 1.70. The van der Waals surface area contributed by atoms with E-state index in [1.54, 1.807) is 0 Å². The fourth-order valence-corrected chi connectivity index (χ4v) is 4.10. The van der Waals surface area contributed by atoms with Gasteiger partial charge in [-0.3, -0.25) is 0 Å². The number of nitrogens with one attached hydrogen (secondary N) is 1. The Labute approximate surface area is 149 Å². The van der Waals surface area contributed by atoms with Crippen LogP contribution in [0.2, 0.25) is 0 Å². The highest BCUT2D eigenvalue weighted by Crippen LogP contribution is 2.39. The molecular weight excluding hydrogens is 312 g/mol. The van der Waals surface area contributed by atoms with Crippen LogP contribution in [0.1, 0.15) is 42.9 Å². The second-order valence-corrected chi connectivity index (χ2v) is 6.93. The molecular formula is C21H22N2S. The quantitative estimate of drug-likeness (QED) is 0.800. The zero-order valence-electron chi connectivity index (χ0n) is 13.7. The molecule has 0 aromatic heterocycles. The molecule has 1 aliphatic carbocycles. The number of hydrogen-bond acceptors (Lipinski definition) is 1. The largest absolute Gasteiger partial charge is 0.352 e. The van der Waals surface area contributed by atoms with E-state index in [9.17, 15) is 0 Å². The van der Waals surface area contributed by atoms with Gasteiger partial charge in [-0.05, 0) is 54.6 Å². The Morgan fingerprint density at radius 1 is 0.917 bits per heavy atom. The van der Waals surface area contributed by atoms with Gasteiger partial charge in [0.25, 0.3) is 0 Å². The fraction of sp³-hybridized carbons (Fsp3) is 0.286. The Hall–Kier alpha value is -2.13. The van der Waals surface area contributed by atoms with E-state index in [0.29, 0.717) is 0 Å². The second kappa shape index (κ2) is 6.78. The molecule has 2 aromatic rings. The molecule has 0 fully saturated rings. The maximum absolute atomic E-state index is 5.75. The lowest BCUT2D eigenvalue weighted by Crippen LogP contribution is -2.47. The van der Waals surface area contributed by atoms with Gasteiger partial charge < -0.3 is 10.2 Å². The van der Waals surface area contributed by atoms with Crippen LogP contribution in [-0.2, 0) is 6.54 Å². The van der Waals surface area contributed by atoms with Gasteiger partial charge >= 0.3 is 0 Å². The van der Waals surface area contributed by atoms with E-state index in [-0.39, 0.29) is 6.04 Å². The molecule has 1 atom stereocenters.